The van der Waals surface area contributed by atoms with Crippen LogP contribution in [-0.2, 0) is 6.54 Å². The fourth-order valence-electron chi connectivity index (χ4n) is 2.35. The number of benzene rings is 1. The zero-order chi connectivity index (χ0) is 12.3. The summed E-state index contributed by atoms with van der Waals surface area (Å²) >= 11 is 3.45. The average molecular weight is 302 g/mol. The highest BCUT2D eigenvalue weighted by molar-refractivity contribution is 9.10. The van der Waals surface area contributed by atoms with Gasteiger partial charge in [-0.25, -0.2) is 4.39 Å². The molecule has 1 saturated heterocycles. The van der Waals surface area contributed by atoms with Crippen LogP contribution in [0.4, 0.5) is 4.39 Å². The van der Waals surface area contributed by atoms with Crippen LogP contribution in [0.3, 0.4) is 0 Å². The Labute approximate surface area is 110 Å². The lowest BCUT2D eigenvalue weighted by molar-refractivity contribution is 0.115. The zero-order valence-corrected chi connectivity index (χ0v) is 11.3. The van der Waals surface area contributed by atoms with E-state index in [0.29, 0.717) is 5.92 Å². The highest BCUT2D eigenvalue weighted by Gasteiger charge is 2.19. The van der Waals surface area contributed by atoms with Gasteiger partial charge in [0.1, 0.15) is 5.82 Å². The summed E-state index contributed by atoms with van der Waals surface area (Å²) in [5.41, 5.74) is 0.976. The van der Waals surface area contributed by atoms with Gasteiger partial charge in [-0.15, -0.1) is 0 Å². The monoisotopic (exact) mass is 301 g/mol. The van der Waals surface area contributed by atoms with Crippen molar-refractivity contribution >= 4 is 15.9 Å². The van der Waals surface area contributed by atoms with E-state index in [-0.39, 0.29) is 12.4 Å². The highest BCUT2D eigenvalue weighted by atomic mass is 79.9. The predicted molar refractivity (Wildman–Crippen MR) is 69.2 cm³/mol. The molecule has 2 rings (SSSR count). The van der Waals surface area contributed by atoms with Crippen LogP contribution in [0.25, 0.3) is 0 Å². The molecule has 1 heterocycles. The van der Waals surface area contributed by atoms with E-state index in [1.807, 2.05) is 0 Å². The standard InChI is InChI=1S/C13H17BrFNO/c14-13-4-3-12(15)6-11(13)8-16-5-1-2-10(7-16)9-17/h3-4,6,10,17H,1-2,5,7-9H2. The van der Waals surface area contributed by atoms with Crippen molar-refractivity contribution in [1.29, 1.82) is 0 Å². The second-order valence-corrected chi connectivity index (χ2v) is 5.52. The van der Waals surface area contributed by atoms with E-state index in [4.69, 9.17) is 0 Å². The number of hydrogen-bond donors (Lipinski definition) is 1. The van der Waals surface area contributed by atoms with Gasteiger partial charge in [-0.05, 0) is 49.1 Å². The van der Waals surface area contributed by atoms with Crippen LogP contribution in [0.5, 0.6) is 0 Å². The lowest BCUT2D eigenvalue weighted by Crippen LogP contribution is -2.36. The molecule has 1 aliphatic heterocycles. The van der Waals surface area contributed by atoms with Crippen LogP contribution >= 0.6 is 15.9 Å². The second kappa shape index (κ2) is 5.94. The number of rotatable bonds is 3. The van der Waals surface area contributed by atoms with Crippen LogP contribution in [0.2, 0.25) is 0 Å². The third-order valence-corrected chi connectivity index (χ3v) is 4.04. The van der Waals surface area contributed by atoms with Gasteiger partial charge in [0.2, 0.25) is 0 Å². The molecule has 1 fully saturated rings. The molecule has 17 heavy (non-hydrogen) atoms. The van der Waals surface area contributed by atoms with Crippen molar-refractivity contribution in [1.82, 2.24) is 4.90 Å². The van der Waals surface area contributed by atoms with Gasteiger partial charge in [0.15, 0.2) is 0 Å². The van der Waals surface area contributed by atoms with Crippen LogP contribution < -0.4 is 0 Å². The molecular weight excluding hydrogens is 285 g/mol. The first-order chi connectivity index (χ1) is 8.19. The van der Waals surface area contributed by atoms with E-state index in [9.17, 15) is 9.50 Å². The van der Waals surface area contributed by atoms with Crippen LogP contribution in [0.1, 0.15) is 18.4 Å². The Bertz CT molecular complexity index is 386. The predicted octanol–water partition coefficient (Wildman–Crippen LogP) is 2.79. The van der Waals surface area contributed by atoms with Crippen LogP contribution in [0.15, 0.2) is 22.7 Å². The van der Waals surface area contributed by atoms with Gasteiger partial charge < -0.3 is 5.11 Å². The molecule has 1 aromatic rings. The lowest BCUT2D eigenvalue weighted by atomic mass is 9.98. The number of hydrogen-bond acceptors (Lipinski definition) is 2. The van der Waals surface area contributed by atoms with Crippen LogP contribution in [-0.4, -0.2) is 29.7 Å². The minimum absolute atomic E-state index is 0.195. The molecule has 1 unspecified atom stereocenters. The first-order valence-corrected chi connectivity index (χ1v) is 6.75. The van der Waals surface area contributed by atoms with Gasteiger partial charge in [0.05, 0.1) is 0 Å². The summed E-state index contributed by atoms with van der Waals surface area (Å²) < 4.78 is 14.1. The van der Waals surface area contributed by atoms with Gasteiger partial charge in [-0.2, -0.15) is 0 Å². The van der Waals surface area contributed by atoms with Crippen molar-refractivity contribution in [2.24, 2.45) is 5.92 Å². The normalized spacial score (nSPS) is 21.7. The average Bonchev–Trinajstić information content (AvgIpc) is 2.34. The molecule has 4 heteroatoms. The molecule has 0 aromatic heterocycles. The van der Waals surface area contributed by atoms with Crippen molar-refractivity contribution in [3.8, 4) is 0 Å². The molecule has 1 N–H and O–H groups in total. The molecule has 0 aliphatic carbocycles. The summed E-state index contributed by atoms with van der Waals surface area (Å²) in [7, 11) is 0. The van der Waals surface area contributed by atoms with Gasteiger partial charge in [-0.1, -0.05) is 15.9 Å². The number of piperidine rings is 1. The summed E-state index contributed by atoms with van der Waals surface area (Å²) in [4.78, 5) is 2.28. The van der Waals surface area contributed by atoms with Gasteiger partial charge in [-0.3, -0.25) is 4.90 Å². The van der Waals surface area contributed by atoms with Crippen molar-refractivity contribution in [3.63, 3.8) is 0 Å². The summed E-state index contributed by atoms with van der Waals surface area (Å²) in [6.07, 6.45) is 2.20. The zero-order valence-electron chi connectivity index (χ0n) is 9.70. The minimum Gasteiger partial charge on any atom is -0.396 e. The summed E-state index contributed by atoms with van der Waals surface area (Å²) in [5, 5.41) is 9.18. The SMILES string of the molecule is OCC1CCCN(Cc2cc(F)ccc2Br)C1. The third kappa shape index (κ3) is 3.50. The number of halogens is 2. The van der Waals surface area contributed by atoms with Crippen molar-refractivity contribution in [3.05, 3.63) is 34.1 Å². The molecule has 1 atom stereocenters. The topological polar surface area (TPSA) is 23.5 Å². The summed E-state index contributed by atoms with van der Waals surface area (Å²) in [6, 6.07) is 4.78. The van der Waals surface area contributed by atoms with E-state index in [0.717, 1.165) is 42.5 Å². The van der Waals surface area contributed by atoms with Crippen molar-refractivity contribution in [2.75, 3.05) is 19.7 Å². The van der Waals surface area contributed by atoms with E-state index in [1.54, 1.807) is 12.1 Å². The maximum Gasteiger partial charge on any atom is 0.123 e. The van der Waals surface area contributed by atoms with Gasteiger partial charge in [0, 0.05) is 24.2 Å². The first-order valence-electron chi connectivity index (χ1n) is 5.96. The number of likely N-dealkylation sites (tertiary alicyclic amines) is 1. The largest absolute Gasteiger partial charge is 0.396 e. The first kappa shape index (κ1) is 13.0. The fourth-order valence-corrected chi connectivity index (χ4v) is 2.72. The molecular formula is C13H17BrFNO. The number of aliphatic hydroxyl groups is 1. The maximum absolute atomic E-state index is 13.2. The van der Waals surface area contributed by atoms with E-state index >= 15 is 0 Å². The molecule has 2 nitrogen and oxygen atoms in total. The Morgan fingerprint density at radius 2 is 2.29 bits per heavy atom. The summed E-state index contributed by atoms with van der Waals surface area (Å²) in [5.74, 6) is 0.176. The Morgan fingerprint density at radius 3 is 3.06 bits per heavy atom. The Hall–Kier alpha value is -0.450. The third-order valence-electron chi connectivity index (χ3n) is 3.26. The van der Waals surface area contributed by atoms with Gasteiger partial charge in [0.25, 0.3) is 0 Å². The smallest absolute Gasteiger partial charge is 0.123 e. The van der Waals surface area contributed by atoms with E-state index in [1.165, 1.54) is 6.07 Å². The quantitative estimate of drug-likeness (QED) is 0.928. The fraction of sp³-hybridized carbons (Fsp3) is 0.538. The molecule has 0 spiro atoms. The molecule has 1 aromatic carbocycles. The number of aliphatic hydroxyl groups excluding tert-OH is 1. The van der Waals surface area contributed by atoms with Crippen LogP contribution in [0, 0.1) is 11.7 Å². The molecule has 0 radical (unpaired) electrons. The van der Waals surface area contributed by atoms with Gasteiger partial charge >= 0.3 is 0 Å². The Morgan fingerprint density at radius 1 is 1.47 bits per heavy atom. The lowest BCUT2D eigenvalue weighted by Gasteiger charge is -2.32. The second-order valence-electron chi connectivity index (χ2n) is 4.66. The minimum atomic E-state index is -0.195. The molecule has 0 amide bonds. The summed E-state index contributed by atoms with van der Waals surface area (Å²) in [6.45, 7) is 2.93. The number of nitrogens with zero attached hydrogens (tertiary/aromatic N) is 1. The Kier molecular flexibility index (Phi) is 4.54. The molecule has 1 aliphatic rings. The Balaban J connectivity index is 2.02. The van der Waals surface area contributed by atoms with E-state index in [2.05, 4.69) is 20.8 Å². The van der Waals surface area contributed by atoms with Crippen molar-refractivity contribution in [2.45, 2.75) is 19.4 Å². The molecule has 94 valence electrons. The maximum atomic E-state index is 13.2. The van der Waals surface area contributed by atoms with Crippen molar-refractivity contribution < 1.29 is 9.50 Å². The van der Waals surface area contributed by atoms with E-state index < -0.39 is 0 Å². The highest BCUT2D eigenvalue weighted by Crippen LogP contribution is 2.23. The molecule has 0 saturated carbocycles. The molecule has 0 bridgehead atoms.